The molecular formula is C9H12N2O5. The van der Waals surface area contributed by atoms with Crippen LogP contribution in [0, 0.1) is 6.92 Å². The van der Waals surface area contributed by atoms with Crippen LogP contribution in [0.15, 0.2) is 15.8 Å². The largest absolute Gasteiger partial charge is 0.391 e. The van der Waals surface area contributed by atoms with Crippen molar-refractivity contribution in [3.8, 4) is 0 Å². The van der Waals surface area contributed by atoms with Gasteiger partial charge in [0.15, 0.2) is 12.5 Å². The SMILES string of the molecule is Cc1cn([C@H]2CO[C@@H](CO)O2)c(=O)[nH]c1=O. The number of nitrogens with zero attached hydrogens (tertiary/aromatic N) is 1. The molecule has 0 saturated carbocycles. The molecule has 1 aliphatic rings. The van der Waals surface area contributed by atoms with E-state index in [2.05, 4.69) is 4.98 Å². The Morgan fingerprint density at radius 3 is 3.00 bits per heavy atom. The lowest BCUT2D eigenvalue weighted by Crippen LogP contribution is -2.34. The van der Waals surface area contributed by atoms with Gasteiger partial charge in [-0.3, -0.25) is 14.3 Å². The second-order valence-corrected chi connectivity index (χ2v) is 3.51. The summed E-state index contributed by atoms with van der Waals surface area (Å²) in [6.45, 7) is 1.48. The highest BCUT2D eigenvalue weighted by atomic mass is 16.7. The minimum Gasteiger partial charge on any atom is -0.391 e. The van der Waals surface area contributed by atoms with E-state index in [4.69, 9.17) is 14.6 Å². The maximum atomic E-state index is 11.5. The number of hydrogen-bond acceptors (Lipinski definition) is 5. The second-order valence-electron chi connectivity index (χ2n) is 3.51. The normalized spacial score (nSPS) is 24.9. The maximum Gasteiger partial charge on any atom is 0.330 e. The zero-order chi connectivity index (χ0) is 11.7. The number of aromatic nitrogens is 2. The topological polar surface area (TPSA) is 93.6 Å². The molecular weight excluding hydrogens is 216 g/mol. The molecule has 1 aromatic heterocycles. The Balaban J connectivity index is 2.32. The van der Waals surface area contributed by atoms with Crippen molar-refractivity contribution in [1.82, 2.24) is 9.55 Å². The highest BCUT2D eigenvalue weighted by Gasteiger charge is 2.27. The van der Waals surface area contributed by atoms with Gasteiger partial charge in [-0.15, -0.1) is 0 Å². The molecule has 2 N–H and O–H groups in total. The fourth-order valence-corrected chi connectivity index (χ4v) is 1.49. The lowest BCUT2D eigenvalue weighted by Gasteiger charge is -2.12. The third-order valence-corrected chi connectivity index (χ3v) is 2.34. The summed E-state index contributed by atoms with van der Waals surface area (Å²) in [5.74, 6) is 0. The Labute approximate surface area is 90.2 Å². The fraction of sp³-hybridized carbons (Fsp3) is 0.556. The minimum absolute atomic E-state index is 0.163. The Morgan fingerprint density at radius 1 is 1.62 bits per heavy atom. The van der Waals surface area contributed by atoms with E-state index in [0.717, 1.165) is 0 Å². The third kappa shape index (κ3) is 1.92. The van der Waals surface area contributed by atoms with Gasteiger partial charge in [-0.1, -0.05) is 0 Å². The summed E-state index contributed by atoms with van der Waals surface area (Å²) >= 11 is 0. The molecule has 0 amide bonds. The van der Waals surface area contributed by atoms with Crippen LogP contribution in [0.25, 0.3) is 0 Å². The first-order chi connectivity index (χ1) is 7.61. The first-order valence-electron chi connectivity index (χ1n) is 4.82. The van der Waals surface area contributed by atoms with Crippen LogP contribution in [0.2, 0.25) is 0 Å². The average molecular weight is 228 g/mol. The number of aromatic amines is 1. The zero-order valence-electron chi connectivity index (χ0n) is 8.67. The second kappa shape index (κ2) is 4.20. The average Bonchev–Trinajstić information content (AvgIpc) is 2.71. The van der Waals surface area contributed by atoms with Crippen LogP contribution in [-0.4, -0.2) is 34.2 Å². The molecule has 7 heteroatoms. The highest BCUT2D eigenvalue weighted by molar-refractivity contribution is 5.01. The Bertz CT molecular complexity index is 491. The lowest BCUT2D eigenvalue weighted by molar-refractivity contribution is -0.0993. The van der Waals surface area contributed by atoms with E-state index in [9.17, 15) is 9.59 Å². The first-order valence-corrected chi connectivity index (χ1v) is 4.82. The number of aliphatic hydroxyl groups is 1. The van der Waals surface area contributed by atoms with Gasteiger partial charge in [0.2, 0.25) is 0 Å². The van der Waals surface area contributed by atoms with Crippen molar-refractivity contribution in [2.24, 2.45) is 0 Å². The van der Waals surface area contributed by atoms with E-state index in [1.807, 2.05) is 0 Å². The number of rotatable bonds is 2. The Hall–Kier alpha value is -1.44. The van der Waals surface area contributed by atoms with Gasteiger partial charge in [-0.2, -0.15) is 0 Å². The van der Waals surface area contributed by atoms with Crippen molar-refractivity contribution >= 4 is 0 Å². The molecule has 0 unspecified atom stereocenters. The van der Waals surface area contributed by atoms with Crippen LogP contribution in [0.4, 0.5) is 0 Å². The van der Waals surface area contributed by atoms with Gasteiger partial charge in [0.25, 0.3) is 5.56 Å². The molecule has 0 aliphatic carbocycles. The molecule has 1 aliphatic heterocycles. The van der Waals surface area contributed by atoms with Crippen molar-refractivity contribution in [2.45, 2.75) is 19.4 Å². The summed E-state index contributed by atoms with van der Waals surface area (Å²) in [7, 11) is 0. The van der Waals surface area contributed by atoms with Crippen LogP contribution >= 0.6 is 0 Å². The molecule has 0 radical (unpaired) electrons. The summed E-state index contributed by atoms with van der Waals surface area (Å²) in [4.78, 5) is 24.8. The van der Waals surface area contributed by atoms with Crippen molar-refractivity contribution in [3.63, 3.8) is 0 Å². The predicted molar refractivity (Wildman–Crippen MR) is 53.0 cm³/mol. The molecule has 7 nitrogen and oxygen atoms in total. The van der Waals surface area contributed by atoms with Crippen LogP contribution < -0.4 is 11.2 Å². The monoisotopic (exact) mass is 228 g/mol. The summed E-state index contributed by atoms with van der Waals surface area (Å²) in [5, 5.41) is 8.80. The van der Waals surface area contributed by atoms with Crippen LogP contribution in [-0.2, 0) is 9.47 Å². The van der Waals surface area contributed by atoms with E-state index < -0.39 is 23.8 Å². The Morgan fingerprint density at radius 2 is 2.38 bits per heavy atom. The summed E-state index contributed by atoms with van der Waals surface area (Å²) < 4.78 is 11.6. The van der Waals surface area contributed by atoms with Crippen molar-refractivity contribution < 1.29 is 14.6 Å². The van der Waals surface area contributed by atoms with Crippen LogP contribution in [0.3, 0.4) is 0 Å². The van der Waals surface area contributed by atoms with Gasteiger partial charge >= 0.3 is 5.69 Å². The quantitative estimate of drug-likeness (QED) is 0.656. The summed E-state index contributed by atoms with van der Waals surface area (Å²) in [6.07, 6.45) is 0.0823. The van der Waals surface area contributed by atoms with Crippen LogP contribution in [0.1, 0.15) is 11.8 Å². The van der Waals surface area contributed by atoms with Gasteiger partial charge in [0, 0.05) is 11.8 Å². The molecule has 16 heavy (non-hydrogen) atoms. The molecule has 1 fully saturated rings. The van der Waals surface area contributed by atoms with Crippen LogP contribution in [0.5, 0.6) is 0 Å². The third-order valence-electron chi connectivity index (χ3n) is 2.34. The minimum atomic E-state index is -0.718. The van der Waals surface area contributed by atoms with Crippen molar-refractivity contribution in [2.75, 3.05) is 13.2 Å². The fourth-order valence-electron chi connectivity index (χ4n) is 1.49. The summed E-state index contributed by atoms with van der Waals surface area (Å²) in [6, 6.07) is 0. The van der Waals surface area contributed by atoms with E-state index in [-0.39, 0.29) is 13.2 Å². The first kappa shape index (κ1) is 11.1. The molecule has 1 aromatic rings. The van der Waals surface area contributed by atoms with Crippen molar-refractivity contribution in [3.05, 3.63) is 32.6 Å². The van der Waals surface area contributed by atoms with E-state index in [1.54, 1.807) is 6.92 Å². The standard InChI is InChI=1S/C9H12N2O5/c1-5-2-11(9(14)10-8(5)13)6-4-15-7(3-12)16-6/h2,6-7,12H,3-4H2,1H3,(H,10,13,14)/t6-,7-/m1/s1. The van der Waals surface area contributed by atoms with Gasteiger partial charge < -0.3 is 14.6 Å². The van der Waals surface area contributed by atoms with Gasteiger partial charge in [0.1, 0.15) is 0 Å². The maximum absolute atomic E-state index is 11.5. The molecule has 2 heterocycles. The van der Waals surface area contributed by atoms with E-state index in [0.29, 0.717) is 5.56 Å². The van der Waals surface area contributed by atoms with Gasteiger partial charge in [-0.05, 0) is 6.92 Å². The predicted octanol–water partition coefficient (Wildman–Crippen LogP) is -1.29. The molecule has 88 valence electrons. The number of nitrogens with one attached hydrogen (secondary N) is 1. The number of aryl methyl sites for hydroxylation is 1. The smallest absolute Gasteiger partial charge is 0.330 e. The van der Waals surface area contributed by atoms with Gasteiger partial charge in [0.05, 0.1) is 13.2 Å². The molecule has 2 atom stereocenters. The number of ether oxygens (including phenoxy) is 2. The lowest BCUT2D eigenvalue weighted by atomic mass is 10.4. The van der Waals surface area contributed by atoms with Gasteiger partial charge in [-0.25, -0.2) is 4.79 Å². The number of H-pyrrole nitrogens is 1. The number of aliphatic hydroxyl groups excluding tert-OH is 1. The van der Waals surface area contributed by atoms with Crippen molar-refractivity contribution in [1.29, 1.82) is 0 Å². The zero-order valence-corrected chi connectivity index (χ0v) is 8.67. The molecule has 0 aromatic carbocycles. The Kier molecular flexibility index (Phi) is 2.90. The van der Waals surface area contributed by atoms with E-state index >= 15 is 0 Å². The molecule has 0 bridgehead atoms. The summed E-state index contributed by atoms with van der Waals surface area (Å²) in [5.41, 5.74) is -0.558. The number of hydrogen-bond donors (Lipinski definition) is 2. The molecule has 2 rings (SSSR count). The highest BCUT2D eigenvalue weighted by Crippen LogP contribution is 2.18. The molecule has 1 saturated heterocycles. The molecule has 0 spiro atoms. The van der Waals surface area contributed by atoms with E-state index in [1.165, 1.54) is 10.8 Å².